The maximum absolute atomic E-state index is 5.45. The molecular weight excluding hydrogens is 262 g/mol. The number of rotatable bonds is 4. The third kappa shape index (κ3) is 2.54. The minimum Gasteiger partial charge on any atom is -0.339 e. The van der Waals surface area contributed by atoms with E-state index in [1.165, 1.54) is 5.39 Å². The molecule has 4 nitrogen and oxygen atoms in total. The first-order valence-electron chi connectivity index (χ1n) is 7.19. The van der Waals surface area contributed by atoms with Gasteiger partial charge in [-0.05, 0) is 24.7 Å². The molecule has 0 aliphatic carbocycles. The molecule has 0 radical (unpaired) electrons. The van der Waals surface area contributed by atoms with Gasteiger partial charge in [0.05, 0.1) is 5.92 Å². The summed E-state index contributed by atoms with van der Waals surface area (Å²) >= 11 is 0. The number of benzene rings is 2. The molecule has 21 heavy (non-hydrogen) atoms. The number of fused-ring (bicyclic) bond motifs is 1. The van der Waals surface area contributed by atoms with E-state index in [2.05, 4.69) is 47.5 Å². The average Bonchev–Trinajstić information content (AvgIpc) is 3.02. The van der Waals surface area contributed by atoms with Gasteiger partial charge in [-0.2, -0.15) is 4.98 Å². The largest absolute Gasteiger partial charge is 0.339 e. The van der Waals surface area contributed by atoms with E-state index in [1.54, 1.807) is 0 Å². The molecule has 0 bridgehead atoms. The first kappa shape index (κ1) is 13.8. The van der Waals surface area contributed by atoms with Crippen molar-refractivity contribution in [2.75, 3.05) is 7.05 Å². The Morgan fingerprint density at radius 3 is 2.62 bits per heavy atom. The summed E-state index contributed by atoms with van der Waals surface area (Å²) < 4.78 is 5.45. The van der Waals surface area contributed by atoms with Gasteiger partial charge >= 0.3 is 0 Å². The van der Waals surface area contributed by atoms with Crippen molar-refractivity contribution < 1.29 is 4.52 Å². The predicted octanol–water partition coefficient (Wildman–Crippen LogP) is 3.60. The second kappa shape index (κ2) is 5.66. The Labute approximate surface area is 124 Å². The molecule has 0 aliphatic rings. The lowest BCUT2D eigenvalue weighted by atomic mass is 10.0. The van der Waals surface area contributed by atoms with Crippen molar-refractivity contribution in [3.63, 3.8) is 0 Å². The molecule has 3 rings (SSSR count). The lowest BCUT2D eigenvalue weighted by Crippen LogP contribution is -2.27. The van der Waals surface area contributed by atoms with Crippen molar-refractivity contribution in [2.45, 2.75) is 25.8 Å². The quantitative estimate of drug-likeness (QED) is 0.794. The molecule has 3 aromatic rings. The highest BCUT2D eigenvalue weighted by molar-refractivity contribution is 5.94. The molecule has 0 aliphatic heterocycles. The standard InChI is InChI=1S/C17H19N3O/c1-11(12(2)18-3)17-19-16(20-21-17)15-10-6-8-13-7-4-5-9-14(13)15/h4-12,18H,1-3H3. The fraction of sp³-hybridized carbons (Fsp3) is 0.294. The molecule has 2 aromatic carbocycles. The predicted molar refractivity (Wildman–Crippen MR) is 84.2 cm³/mol. The van der Waals surface area contributed by atoms with E-state index in [9.17, 15) is 0 Å². The highest BCUT2D eigenvalue weighted by atomic mass is 16.5. The molecule has 4 heteroatoms. The molecule has 0 spiro atoms. The molecule has 0 fully saturated rings. The van der Waals surface area contributed by atoms with Crippen LogP contribution in [0.25, 0.3) is 22.2 Å². The van der Waals surface area contributed by atoms with Crippen LogP contribution in [0.1, 0.15) is 25.7 Å². The zero-order valence-corrected chi connectivity index (χ0v) is 12.5. The van der Waals surface area contributed by atoms with Gasteiger partial charge in [-0.3, -0.25) is 0 Å². The summed E-state index contributed by atoms with van der Waals surface area (Å²) in [6.07, 6.45) is 0. The van der Waals surface area contributed by atoms with E-state index >= 15 is 0 Å². The molecule has 1 heterocycles. The van der Waals surface area contributed by atoms with Crippen molar-refractivity contribution in [1.29, 1.82) is 0 Å². The van der Waals surface area contributed by atoms with Crippen molar-refractivity contribution in [2.24, 2.45) is 0 Å². The fourth-order valence-electron chi connectivity index (χ4n) is 2.41. The van der Waals surface area contributed by atoms with Crippen LogP contribution < -0.4 is 5.32 Å². The van der Waals surface area contributed by atoms with Gasteiger partial charge in [0.25, 0.3) is 0 Å². The van der Waals surface area contributed by atoms with Crippen molar-refractivity contribution >= 4 is 10.8 Å². The Morgan fingerprint density at radius 1 is 1.05 bits per heavy atom. The van der Waals surface area contributed by atoms with Crippen LogP contribution in [0, 0.1) is 0 Å². The first-order chi connectivity index (χ1) is 10.2. The van der Waals surface area contributed by atoms with Gasteiger partial charge in [0.15, 0.2) is 0 Å². The maximum Gasteiger partial charge on any atom is 0.231 e. The summed E-state index contributed by atoms with van der Waals surface area (Å²) in [6, 6.07) is 14.7. The molecule has 2 atom stereocenters. The van der Waals surface area contributed by atoms with E-state index < -0.39 is 0 Å². The van der Waals surface area contributed by atoms with Crippen molar-refractivity contribution in [3.05, 3.63) is 48.4 Å². The van der Waals surface area contributed by atoms with Gasteiger partial charge in [-0.15, -0.1) is 0 Å². The molecular formula is C17H19N3O. The third-order valence-corrected chi connectivity index (χ3v) is 4.07. The molecule has 1 N–H and O–H groups in total. The summed E-state index contributed by atoms with van der Waals surface area (Å²) in [5.41, 5.74) is 1.01. The Hall–Kier alpha value is -2.20. The summed E-state index contributed by atoms with van der Waals surface area (Å²) in [5, 5.41) is 9.69. The normalized spacial score (nSPS) is 14.2. The van der Waals surface area contributed by atoms with E-state index in [1.807, 2.05) is 31.3 Å². The van der Waals surface area contributed by atoms with Crippen molar-refractivity contribution in [1.82, 2.24) is 15.5 Å². The molecule has 1 aromatic heterocycles. The van der Waals surface area contributed by atoms with Crippen LogP contribution in [0.3, 0.4) is 0 Å². The second-order valence-corrected chi connectivity index (χ2v) is 5.35. The van der Waals surface area contributed by atoms with Gasteiger partial charge < -0.3 is 9.84 Å². The van der Waals surface area contributed by atoms with Crippen LogP contribution in [0.2, 0.25) is 0 Å². The molecule has 0 amide bonds. The van der Waals surface area contributed by atoms with Crippen molar-refractivity contribution in [3.8, 4) is 11.4 Å². The molecule has 108 valence electrons. The summed E-state index contributed by atoms with van der Waals surface area (Å²) in [7, 11) is 1.93. The van der Waals surface area contributed by atoms with Crippen LogP contribution in [-0.2, 0) is 0 Å². The smallest absolute Gasteiger partial charge is 0.231 e. The number of nitrogens with zero attached hydrogens (tertiary/aromatic N) is 2. The Balaban J connectivity index is 2.02. The summed E-state index contributed by atoms with van der Waals surface area (Å²) in [4.78, 5) is 4.58. The van der Waals surface area contributed by atoms with Gasteiger partial charge in [0, 0.05) is 11.6 Å². The molecule has 2 unspecified atom stereocenters. The highest BCUT2D eigenvalue weighted by Gasteiger charge is 2.20. The van der Waals surface area contributed by atoms with Crippen LogP contribution in [0.15, 0.2) is 47.0 Å². The maximum atomic E-state index is 5.45. The number of likely N-dealkylation sites (N-methyl/N-ethyl adjacent to an activating group) is 1. The Bertz CT molecular complexity index is 745. The number of aromatic nitrogens is 2. The van der Waals surface area contributed by atoms with Gasteiger partial charge in [-0.25, -0.2) is 0 Å². The van der Waals surface area contributed by atoms with E-state index in [0.717, 1.165) is 10.9 Å². The van der Waals surface area contributed by atoms with Gasteiger partial charge in [0.1, 0.15) is 0 Å². The van der Waals surface area contributed by atoms with Crippen LogP contribution in [0.5, 0.6) is 0 Å². The minimum absolute atomic E-state index is 0.172. The number of nitrogens with one attached hydrogen (secondary N) is 1. The van der Waals surface area contributed by atoms with E-state index in [-0.39, 0.29) is 12.0 Å². The molecule has 0 saturated heterocycles. The second-order valence-electron chi connectivity index (χ2n) is 5.35. The lowest BCUT2D eigenvalue weighted by Gasteiger charge is -2.14. The summed E-state index contributed by atoms with van der Waals surface area (Å²) in [5.74, 6) is 1.49. The van der Waals surface area contributed by atoms with E-state index in [4.69, 9.17) is 4.52 Å². The lowest BCUT2D eigenvalue weighted by molar-refractivity contribution is 0.336. The first-order valence-corrected chi connectivity index (χ1v) is 7.19. The number of hydrogen-bond donors (Lipinski definition) is 1. The highest BCUT2D eigenvalue weighted by Crippen LogP contribution is 2.28. The Morgan fingerprint density at radius 2 is 1.81 bits per heavy atom. The zero-order chi connectivity index (χ0) is 14.8. The van der Waals surface area contributed by atoms with E-state index in [0.29, 0.717) is 11.7 Å². The zero-order valence-electron chi connectivity index (χ0n) is 12.5. The van der Waals surface area contributed by atoms with Crippen LogP contribution >= 0.6 is 0 Å². The Kier molecular flexibility index (Phi) is 3.71. The topological polar surface area (TPSA) is 51.0 Å². The monoisotopic (exact) mass is 281 g/mol. The minimum atomic E-state index is 0.172. The average molecular weight is 281 g/mol. The van der Waals surface area contributed by atoms with Gasteiger partial charge in [-0.1, -0.05) is 54.5 Å². The number of hydrogen-bond acceptors (Lipinski definition) is 4. The summed E-state index contributed by atoms with van der Waals surface area (Å²) in [6.45, 7) is 4.19. The SMILES string of the molecule is CNC(C)C(C)c1nc(-c2cccc3ccccc23)no1. The van der Waals surface area contributed by atoms with Gasteiger partial charge in [0.2, 0.25) is 11.7 Å². The third-order valence-electron chi connectivity index (χ3n) is 4.07. The van der Waals surface area contributed by atoms with Crippen LogP contribution in [-0.4, -0.2) is 23.2 Å². The van der Waals surface area contributed by atoms with Crippen LogP contribution in [0.4, 0.5) is 0 Å². The fourth-order valence-corrected chi connectivity index (χ4v) is 2.41. The molecule has 0 saturated carbocycles.